The van der Waals surface area contributed by atoms with E-state index in [1.807, 2.05) is 6.07 Å². The molecule has 0 saturated heterocycles. The van der Waals surface area contributed by atoms with Crippen LogP contribution < -0.4 is 5.32 Å². The molecule has 19 heavy (non-hydrogen) atoms. The summed E-state index contributed by atoms with van der Waals surface area (Å²) in [5, 5.41) is 12.8. The minimum absolute atomic E-state index is 0.160. The average molecular weight is 263 g/mol. The van der Waals surface area contributed by atoms with Crippen molar-refractivity contribution in [2.75, 3.05) is 5.32 Å². The van der Waals surface area contributed by atoms with Crippen LogP contribution in [0.1, 0.15) is 16.7 Å². The smallest absolute Gasteiger partial charge is 0.163 e. The first kappa shape index (κ1) is 13.3. The van der Waals surface area contributed by atoms with E-state index in [1.54, 1.807) is 19.9 Å². The van der Waals surface area contributed by atoms with Gasteiger partial charge in [0.15, 0.2) is 11.6 Å². The Morgan fingerprint density at radius 3 is 2.58 bits per heavy atom. The van der Waals surface area contributed by atoms with Crippen LogP contribution >= 0.6 is 0 Å². The first-order valence-electron chi connectivity index (χ1n) is 5.96. The highest BCUT2D eigenvalue weighted by atomic mass is 19.2. The van der Waals surface area contributed by atoms with Gasteiger partial charge < -0.3 is 10.4 Å². The summed E-state index contributed by atoms with van der Waals surface area (Å²) in [5.41, 5.74) is 2.42. The van der Waals surface area contributed by atoms with Gasteiger partial charge in [-0.3, -0.25) is 0 Å². The summed E-state index contributed by atoms with van der Waals surface area (Å²) in [6.07, 6.45) is 0. The van der Waals surface area contributed by atoms with Gasteiger partial charge in [-0.05, 0) is 31.5 Å². The van der Waals surface area contributed by atoms with Crippen molar-refractivity contribution in [2.45, 2.75) is 20.4 Å². The molecule has 2 nitrogen and oxygen atoms in total. The number of halogens is 2. The first-order chi connectivity index (χ1) is 9.00. The largest absolute Gasteiger partial charge is 0.507 e. The molecular formula is C15H15F2NO. The predicted molar refractivity (Wildman–Crippen MR) is 71.3 cm³/mol. The van der Waals surface area contributed by atoms with Crippen molar-refractivity contribution < 1.29 is 13.9 Å². The summed E-state index contributed by atoms with van der Waals surface area (Å²) in [5.74, 6) is -1.49. The predicted octanol–water partition coefficient (Wildman–Crippen LogP) is 3.90. The van der Waals surface area contributed by atoms with Crippen LogP contribution in [-0.4, -0.2) is 5.11 Å². The molecule has 0 fully saturated rings. The van der Waals surface area contributed by atoms with Crippen molar-refractivity contribution >= 4 is 5.69 Å². The highest BCUT2D eigenvalue weighted by Crippen LogP contribution is 2.28. The van der Waals surface area contributed by atoms with Crippen molar-refractivity contribution in [3.05, 3.63) is 58.7 Å². The van der Waals surface area contributed by atoms with Crippen LogP contribution in [-0.2, 0) is 6.54 Å². The second kappa shape index (κ2) is 5.26. The molecule has 0 bridgehead atoms. The zero-order chi connectivity index (χ0) is 14.0. The number of anilines is 1. The van der Waals surface area contributed by atoms with Crippen LogP contribution in [0.2, 0.25) is 0 Å². The minimum Gasteiger partial charge on any atom is -0.507 e. The third-order valence-corrected chi connectivity index (χ3v) is 3.13. The quantitative estimate of drug-likeness (QED) is 0.880. The normalized spacial score (nSPS) is 10.5. The molecule has 0 amide bonds. The van der Waals surface area contributed by atoms with Crippen LogP contribution in [0.3, 0.4) is 0 Å². The molecule has 0 unspecified atom stereocenters. The summed E-state index contributed by atoms with van der Waals surface area (Å²) in [4.78, 5) is 0. The molecule has 2 aromatic carbocycles. The van der Waals surface area contributed by atoms with Crippen molar-refractivity contribution in [1.82, 2.24) is 0 Å². The summed E-state index contributed by atoms with van der Waals surface area (Å²) in [6.45, 7) is 3.73. The molecule has 0 heterocycles. The van der Waals surface area contributed by atoms with Crippen molar-refractivity contribution in [3.63, 3.8) is 0 Å². The van der Waals surface area contributed by atoms with E-state index in [0.29, 0.717) is 11.3 Å². The van der Waals surface area contributed by atoms with Crippen LogP contribution in [0.25, 0.3) is 0 Å². The Kier molecular flexibility index (Phi) is 3.69. The lowest BCUT2D eigenvalue weighted by atomic mass is 10.1. The number of aromatic hydroxyl groups is 1. The summed E-state index contributed by atoms with van der Waals surface area (Å²) in [7, 11) is 0. The lowest BCUT2D eigenvalue weighted by Crippen LogP contribution is -2.04. The number of rotatable bonds is 3. The van der Waals surface area contributed by atoms with Gasteiger partial charge in [-0.15, -0.1) is 0 Å². The van der Waals surface area contributed by atoms with E-state index in [-0.39, 0.29) is 17.9 Å². The Labute approximate surface area is 110 Å². The van der Waals surface area contributed by atoms with Crippen molar-refractivity contribution in [1.29, 1.82) is 0 Å². The summed E-state index contributed by atoms with van der Waals surface area (Å²) < 4.78 is 26.5. The van der Waals surface area contributed by atoms with Gasteiger partial charge in [0.1, 0.15) is 5.75 Å². The van der Waals surface area contributed by atoms with Crippen molar-refractivity contribution in [2.24, 2.45) is 0 Å². The van der Waals surface area contributed by atoms with Crippen molar-refractivity contribution in [3.8, 4) is 5.75 Å². The molecule has 0 radical (unpaired) electrons. The Morgan fingerprint density at radius 2 is 1.84 bits per heavy atom. The number of phenolic OH excluding ortho intramolecular Hbond substituents is 1. The van der Waals surface area contributed by atoms with E-state index in [2.05, 4.69) is 5.32 Å². The van der Waals surface area contributed by atoms with Gasteiger partial charge in [0, 0.05) is 23.4 Å². The lowest BCUT2D eigenvalue weighted by molar-refractivity contribution is 0.467. The SMILES string of the molecule is Cc1ccc(NCc2cccc(F)c2F)c(C)c1O. The maximum Gasteiger partial charge on any atom is 0.163 e. The zero-order valence-corrected chi connectivity index (χ0v) is 10.8. The Morgan fingerprint density at radius 1 is 1.11 bits per heavy atom. The van der Waals surface area contributed by atoms with E-state index in [9.17, 15) is 13.9 Å². The third-order valence-electron chi connectivity index (χ3n) is 3.13. The zero-order valence-electron chi connectivity index (χ0n) is 10.8. The first-order valence-corrected chi connectivity index (χ1v) is 5.96. The maximum absolute atomic E-state index is 13.5. The highest BCUT2D eigenvalue weighted by molar-refractivity contribution is 5.59. The molecule has 0 atom stereocenters. The number of hydrogen-bond donors (Lipinski definition) is 2. The molecule has 0 aliphatic carbocycles. The number of benzene rings is 2. The molecule has 4 heteroatoms. The molecular weight excluding hydrogens is 248 g/mol. The van der Waals surface area contributed by atoms with Gasteiger partial charge in [0.2, 0.25) is 0 Å². The van der Waals surface area contributed by atoms with Crippen LogP contribution in [0.15, 0.2) is 30.3 Å². The highest BCUT2D eigenvalue weighted by Gasteiger charge is 2.09. The fourth-order valence-corrected chi connectivity index (χ4v) is 1.90. The molecule has 0 aliphatic heterocycles. The molecule has 0 spiro atoms. The van der Waals surface area contributed by atoms with Gasteiger partial charge in [0.05, 0.1) is 0 Å². The second-order valence-electron chi connectivity index (χ2n) is 4.47. The molecule has 2 aromatic rings. The van der Waals surface area contributed by atoms with E-state index in [0.717, 1.165) is 11.6 Å². The average Bonchev–Trinajstić information content (AvgIpc) is 2.40. The Balaban J connectivity index is 2.20. The standard InChI is InChI=1S/C15H15F2NO/c1-9-6-7-13(10(2)15(9)19)18-8-11-4-3-5-12(16)14(11)17/h3-7,18-19H,8H2,1-2H3. The topological polar surface area (TPSA) is 32.3 Å². The molecule has 2 rings (SSSR count). The van der Waals surface area contributed by atoms with Crippen LogP contribution in [0, 0.1) is 25.5 Å². The summed E-state index contributed by atoms with van der Waals surface area (Å²) in [6, 6.07) is 7.65. The third kappa shape index (κ3) is 2.67. The molecule has 0 aromatic heterocycles. The molecule has 100 valence electrons. The van der Waals surface area contributed by atoms with Crippen LogP contribution in [0.4, 0.5) is 14.5 Å². The van der Waals surface area contributed by atoms with E-state index >= 15 is 0 Å². The van der Waals surface area contributed by atoms with Crippen LogP contribution in [0.5, 0.6) is 5.75 Å². The molecule has 0 saturated carbocycles. The van der Waals surface area contributed by atoms with E-state index in [1.165, 1.54) is 12.1 Å². The number of hydrogen-bond acceptors (Lipinski definition) is 2. The van der Waals surface area contributed by atoms with Gasteiger partial charge in [-0.2, -0.15) is 0 Å². The molecule has 2 N–H and O–H groups in total. The minimum atomic E-state index is -0.859. The fraction of sp³-hybridized carbons (Fsp3) is 0.200. The lowest BCUT2D eigenvalue weighted by Gasteiger charge is -2.12. The Bertz CT molecular complexity index is 611. The summed E-state index contributed by atoms with van der Waals surface area (Å²) >= 11 is 0. The second-order valence-corrected chi connectivity index (χ2v) is 4.47. The van der Waals surface area contributed by atoms with Gasteiger partial charge in [-0.1, -0.05) is 18.2 Å². The molecule has 0 aliphatic rings. The van der Waals surface area contributed by atoms with Gasteiger partial charge in [-0.25, -0.2) is 8.78 Å². The number of phenols is 1. The van der Waals surface area contributed by atoms with Gasteiger partial charge in [0.25, 0.3) is 0 Å². The van der Waals surface area contributed by atoms with E-state index in [4.69, 9.17) is 0 Å². The van der Waals surface area contributed by atoms with E-state index < -0.39 is 11.6 Å². The van der Waals surface area contributed by atoms with Gasteiger partial charge >= 0.3 is 0 Å². The number of aryl methyl sites for hydroxylation is 1. The Hall–Kier alpha value is -2.10. The maximum atomic E-state index is 13.5. The monoisotopic (exact) mass is 263 g/mol. The number of nitrogens with one attached hydrogen (secondary N) is 1. The fourth-order valence-electron chi connectivity index (χ4n) is 1.90.